The summed E-state index contributed by atoms with van der Waals surface area (Å²) in [7, 11) is 0. The molecule has 8 nitrogen and oxygen atoms in total. The van der Waals surface area contributed by atoms with Gasteiger partial charge in [-0.1, -0.05) is 74.2 Å². The van der Waals surface area contributed by atoms with Crippen molar-refractivity contribution in [2.45, 2.75) is 62.1 Å². The third-order valence-corrected chi connectivity index (χ3v) is 9.30. The lowest BCUT2D eigenvalue weighted by Gasteiger charge is -2.21. The van der Waals surface area contributed by atoms with Crippen molar-refractivity contribution in [1.29, 1.82) is 0 Å². The third kappa shape index (κ3) is 8.59. The molecule has 11 heteroatoms. The predicted octanol–water partition coefficient (Wildman–Crippen LogP) is 5.04. The summed E-state index contributed by atoms with van der Waals surface area (Å²) in [4.78, 5) is 34.3. The molecule has 0 bridgehead atoms. The number of carbonyl (C=O) groups is 2. The van der Waals surface area contributed by atoms with Crippen molar-refractivity contribution >= 4 is 51.4 Å². The molecule has 1 saturated heterocycles. The molecule has 4 rings (SSSR count). The van der Waals surface area contributed by atoms with Crippen LogP contribution >= 0.6 is 34.4 Å². The van der Waals surface area contributed by atoms with Crippen LogP contribution in [0, 0.1) is 0 Å². The summed E-state index contributed by atoms with van der Waals surface area (Å²) in [6.07, 6.45) is 1.25. The van der Waals surface area contributed by atoms with Crippen LogP contribution in [0.2, 0.25) is 0 Å². The first-order valence-corrected chi connectivity index (χ1v) is 15.2. The first-order chi connectivity index (χ1) is 17.8. The van der Waals surface area contributed by atoms with Crippen LogP contribution in [0.5, 0.6) is 0 Å². The van der Waals surface area contributed by atoms with E-state index in [-0.39, 0.29) is 30.1 Å². The number of nitrogens with zero attached hydrogens (tertiary/aromatic N) is 5. The van der Waals surface area contributed by atoms with Crippen molar-refractivity contribution in [2.75, 3.05) is 31.5 Å². The SMILES string of the molecule is CC(C)(C)c1nc(CN2CCCN(C(=O)CCC(=O)Nc3nnc(SCc4ccccc4)s3)CC2)cs1. The number of hydrogen-bond donors (Lipinski definition) is 1. The Morgan fingerprint density at radius 2 is 1.86 bits per heavy atom. The number of amides is 2. The average molecular weight is 559 g/mol. The second kappa shape index (κ2) is 12.9. The standard InChI is InChI=1S/C26H34N6O2S3/c1-26(2,3)23-27-20(18-35-23)16-31-12-7-13-32(15-14-31)22(34)11-10-21(33)28-24-29-30-25(37-24)36-17-19-8-5-4-6-9-19/h4-6,8-9,18H,7,10-17H2,1-3H3,(H,28,29,33). The van der Waals surface area contributed by atoms with Gasteiger partial charge in [-0.15, -0.1) is 21.5 Å². The molecule has 1 fully saturated rings. The summed E-state index contributed by atoms with van der Waals surface area (Å²) in [5.74, 6) is 0.614. The molecule has 3 aromatic rings. The molecule has 1 aromatic carbocycles. The minimum absolute atomic E-state index is 0.0250. The lowest BCUT2D eigenvalue weighted by Crippen LogP contribution is -2.35. The fraction of sp³-hybridized carbons (Fsp3) is 0.500. The summed E-state index contributed by atoms with van der Waals surface area (Å²) >= 11 is 4.66. The number of thioether (sulfide) groups is 1. The van der Waals surface area contributed by atoms with Gasteiger partial charge in [0, 0.05) is 62.1 Å². The minimum atomic E-state index is -0.209. The van der Waals surface area contributed by atoms with Gasteiger partial charge in [0.05, 0.1) is 10.7 Å². The van der Waals surface area contributed by atoms with E-state index in [0.29, 0.717) is 11.7 Å². The maximum Gasteiger partial charge on any atom is 0.226 e. The van der Waals surface area contributed by atoms with Gasteiger partial charge in [0.15, 0.2) is 4.34 Å². The molecule has 1 N–H and O–H groups in total. The Morgan fingerprint density at radius 3 is 2.62 bits per heavy atom. The quantitative estimate of drug-likeness (QED) is 0.291. The molecule has 0 saturated carbocycles. The van der Waals surface area contributed by atoms with Crippen LogP contribution in [0.3, 0.4) is 0 Å². The fourth-order valence-corrected chi connectivity index (χ4v) is 6.55. The van der Waals surface area contributed by atoms with Crippen molar-refractivity contribution < 1.29 is 9.59 Å². The van der Waals surface area contributed by atoms with E-state index in [4.69, 9.17) is 4.98 Å². The van der Waals surface area contributed by atoms with E-state index < -0.39 is 0 Å². The molecule has 0 unspecified atom stereocenters. The van der Waals surface area contributed by atoms with Crippen molar-refractivity contribution in [1.82, 2.24) is 25.0 Å². The Kier molecular flexibility index (Phi) is 9.69. The van der Waals surface area contributed by atoms with Crippen LogP contribution < -0.4 is 5.32 Å². The summed E-state index contributed by atoms with van der Waals surface area (Å²) < 4.78 is 0.802. The van der Waals surface area contributed by atoms with E-state index in [1.165, 1.54) is 16.9 Å². The van der Waals surface area contributed by atoms with Crippen LogP contribution in [-0.4, -0.2) is 63.0 Å². The second-order valence-corrected chi connectivity index (χ2v) is 13.2. The summed E-state index contributed by atoms with van der Waals surface area (Å²) in [6.45, 7) is 10.5. The molecule has 37 heavy (non-hydrogen) atoms. The monoisotopic (exact) mass is 558 g/mol. The van der Waals surface area contributed by atoms with Gasteiger partial charge in [0.2, 0.25) is 16.9 Å². The smallest absolute Gasteiger partial charge is 0.226 e. The Morgan fingerprint density at radius 1 is 1.05 bits per heavy atom. The summed E-state index contributed by atoms with van der Waals surface area (Å²) in [6, 6.07) is 10.1. The Hall–Kier alpha value is -2.34. The number of aromatic nitrogens is 3. The molecule has 1 aliphatic heterocycles. The van der Waals surface area contributed by atoms with Gasteiger partial charge in [-0.05, 0) is 12.0 Å². The van der Waals surface area contributed by atoms with E-state index in [1.54, 1.807) is 23.1 Å². The van der Waals surface area contributed by atoms with E-state index in [2.05, 4.69) is 58.7 Å². The zero-order valence-electron chi connectivity index (χ0n) is 21.6. The number of benzene rings is 1. The summed E-state index contributed by atoms with van der Waals surface area (Å²) in [5, 5.41) is 14.8. The molecule has 0 radical (unpaired) electrons. The highest BCUT2D eigenvalue weighted by Crippen LogP contribution is 2.28. The first kappa shape index (κ1) is 27.7. The number of carbonyl (C=O) groups excluding carboxylic acids is 2. The molecule has 0 atom stereocenters. The predicted molar refractivity (Wildman–Crippen MR) is 151 cm³/mol. The van der Waals surface area contributed by atoms with E-state index in [1.807, 2.05) is 23.1 Å². The molecule has 2 aromatic heterocycles. The number of thiazole rings is 1. The van der Waals surface area contributed by atoms with Crippen LogP contribution in [0.4, 0.5) is 5.13 Å². The number of rotatable bonds is 9. The van der Waals surface area contributed by atoms with Crippen LogP contribution in [-0.2, 0) is 27.3 Å². The highest BCUT2D eigenvalue weighted by atomic mass is 32.2. The zero-order valence-corrected chi connectivity index (χ0v) is 24.1. The fourth-order valence-electron chi connectivity index (χ4n) is 3.93. The Bertz CT molecular complexity index is 1170. The zero-order chi connectivity index (χ0) is 26.3. The highest BCUT2D eigenvalue weighted by molar-refractivity contribution is 8.00. The van der Waals surface area contributed by atoms with Crippen molar-refractivity contribution in [2.24, 2.45) is 0 Å². The largest absolute Gasteiger partial charge is 0.341 e. The van der Waals surface area contributed by atoms with Gasteiger partial charge < -0.3 is 10.2 Å². The highest BCUT2D eigenvalue weighted by Gasteiger charge is 2.22. The second-order valence-electron chi connectivity index (χ2n) is 10.1. The third-order valence-electron chi connectivity index (χ3n) is 5.94. The molecule has 3 heterocycles. The lowest BCUT2D eigenvalue weighted by molar-refractivity contribution is -0.132. The first-order valence-electron chi connectivity index (χ1n) is 12.5. The molecule has 0 aliphatic carbocycles. The van der Waals surface area contributed by atoms with Crippen LogP contribution in [0.25, 0.3) is 0 Å². The number of nitrogens with one attached hydrogen (secondary N) is 1. The Labute approximate surface area is 230 Å². The van der Waals surface area contributed by atoms with E-state index in [0.717, 1.165) is 53.4 Å². The van der Waals surface area contributed by atoms with Crippen LogP contribution in [0.15, 0.2) is 40.1 Å². The molecular weight excluding hydrogens is 525 g/mol. The van der Waals surface area contributed by atoms with Gasteiger partial charge >= 0.3 is 0 Å². The average Bonchev–Trinajstić information content (AvgIpc) is 3.47. The van der Waals surface area contributed by atoms with Gasteiger partial charge in [0.1, 0.15) is 0 Å². The normalized spacial score (nSPS) is 14.9. The summed E-state index contributed by atoms with van der Waals surface area (Å²) in [5.41, 5.74) is 2.38. The topological polar surface area (TPSA) is 91.3 Å². The molecule has 0 spiro atoms. The van der Waals surface area contributed by atoms with Crippen molar-refractivity contribution in [3.8, 4) is 0 Å². The molecule has 2 amide bonds. The number of hydrogen-bond acceptors (Lipinski definition) is 9. The maximum atomic E-state index is 12.8. The van der Waals surface area contributed by atoms with Crippen LogP contribution in [0.1, 0.15) is 56.3 Å². The molecule has 1 aliphatic rings. The van der Waals surface area contributed by atoms with Gasteiger partial charge in [-0.3, -0.25) is 14.5 Å². The lowest BCUT2D eigenvalue weighted by atomic mass is 9.98. The van der Waals surface area contributed by atoms with Gasteiger partial charge in [0.25, 0.3) is 0 Å². The van der Waals surface area contributed by atoms with Crippen molar-refractivity contribution in [3.63, 3.8) is 0 Å². The van der Waals surface area contributed by atoms with Gasteiger partial charge in [-0.25, -0.2) is 4.98 Å². The van der Waals surface area contributed by atoms with E-state index in [9.17, 15) is 9.59 Å². The molecular formula is C26H34N6O2S3. The molecule has 198 valence electrons. The maximum absolute atomic E-state index is 12.8. The number of anilines is 1. The van der Waals surface area contributed by atoms with Gasteiger partial charge in [-0.2, -0.15) is 0 Å². The minimum Gasteiger partial charge on any atom is -0.341 e. The Balaban J connectivity index is 1.17. The van der Waals surface area contributed by atoms with E-state index >= 15 is 0 Å². The van der Waals surface area contributed by atoms with Crippen molar-refractivity contribution in [3.05, 3.63) is 52.0 Å².